The van der Waals surface area contributed by atoms with Crippen LogP contribution in [-0.4, -0.2) is 11.1 Å². The average Bonchev–Trinajstić information content (AvgIpc) is 2.86. The summed E-state index contributed by atoms with van der Waals surface area (Å²) < 4.78 is 10.7. The number of hydrogen-bond acceptors (Lipinski definition) is 4. The van der Waals surface area contributed by atoms with E-state index in [1.54, 1.807) is 0 Å². The molecule has 0 bridgehead atoms. The van der Waals surface area contributed by atoms with Crippen molar-refractivity contribution in [3.8, 4) is 5.75 Å². The smallest absolute Gasteiger partial charge is 0.374 e. The van der Waals surface area contributed by atoms with Crippen LogP contribution in [0.25, 0.3) is 0 Å². The second-order valence-electron chi connectivity index (χ2n) is 4.72. The molecule has 106 valence electrons. The summed E-state index contributed by atoms with van der Waals surface area (Å²) in [5, 5.41) is 9.26. The van der Waals surface area contributed by atoms with Crippen molar-refractivity contribution in [2.75, 3.05) is 0 Å². The summed E-state index contributed by atoms with van der Waals surface area (Å²) in [6, 6.07) is 17.2. The van der Waals surface area contributed by atoms with Crippen molar-refractivity contribution in [3.63, 3.8) is 0 Å². The Kier molecular flexibility index (Phi) is 3.60. The van der Waals surface area contributed by atoms with Crippen molar-refractivity contribution in [1.29, 1.82) is 0 Å². The molecule has 2 aromatic carbocycles. The second kappa shape index (κ2) is 5.71. The third-order valence-corrected chi connectivity index (χ3v) is 3.21. The van der Waals surface area contributed by atoms with E-state index in [9.17, 15) is 9.90 Å². The van der Waals surface area contributed by atoms with Gasteiger partial charge in [-0.2, -0.15) is 0 Å². The molecule has 0 aliphatic carbocycles. The molecule has 0 saturated carbocycles. The fourth-order valence-electron chi connectivity index (χ4n) is 2.08. The van der Waals surface area contributed by atoms with Crippen LogP contribution >= 0.6 is 0 Å². The molecule has 0 spiro atoms. The molecular weight excluding hydrogens is 268 g/mol. The molecule has 0 amide bonds. The summed E-state index contributed by atoms with van der Waals surface area (Å²) in [7, 11) is 0. The highest BCUT2D eigenvalue weighted by Crippen LogP contribution is 2.28. The summed E-state index contributed by atoms with van der Waals surface area (Å²) in [6.45, 7) is 0.499. The van der Waals surface area contributed by atoms with Crippen LogP contribution in [0.1, 0.15) is 17.2 Å². The highest BCUT2D eigenvalue weighted by atomic mass is 16.6. The summed E-state index contributed by atoms with van der Waals surface area (Å²) in [5.74, 6) is -0.297. The number of hydrogen-bond donors (Lipinski definition) is 1. The Morgan fingerprint density at radius 1 is 1.05 bits per heavy atom. The highest BCUT2D eigenvalue weighted by Gasteiger charge is 2.26. The van der Waals surface area contributed by atoms with E-state index in [2.05, 4.69) is 0 Å². The molecule has 1 heterocycles. The Hall–Kier alpha value is -2.75. The summed E-state index contributed by atoms with van der Waals surface area (Å²) in [5.41, 5.74) is 1.89. The first-order valence-electron chi connectivity index (χ1n) is 6.61. The molecule has 3 rings (SSSR count). The van der Waals surface area contributed by atoms with Gasteiger partial charge in [0.2, 0.25) is 5.76 Å². The van der Waals surface area contributed by atoms with Crippen LogP contribution < -0.4 is 4.74 Å². The van der Waals surface area contributed by atoms with Gasteiger partial charge in [-0.05, 0) is 23.3 Å². The first-order valence-corrected chi connectivity index (χ1v) is 6.61. The minimum absolute atomic E-state index is 0.343. The predicted octanol–water partition coefficient (Wildman–Crippen LogP) is 3.31. The molecule has 4 nitrogen and oxygen atoms in total. The fourth-order valence-corrected chi connectivity index (χ4v) is 2.08. The third-order valence-electron chi connectivity index (χ3n) is 3.21. The lowest BCUT2D eigenvalue weighted by molar-refractivity contribution is -0.142. The van der Waals surface area contributed by atoms with Crippen molar-refractivity contribution in [2.45, 2.75) is 12.7 Å². The van der Waals surface area contributed by atoms with Crippen LogP contribution in [0.3, 0.4) is 0 Å². The van der Waals surface area contributed by atoms with Crippen molar-refractivity contribution < 1.29 is 19.4 Å². The molecule has 1 aliphatic heterocycles. The summed E-state index contributed by atoms with van der Waals surface area (Å²) in [6.07, 6.45) is 0.864. The monoisotopic (exact) mass is 282 g/mol. The van der Waals surface area contributed by atoms with Crippen LogP contribution in [0.5, 0.6) is 5.75 Å². The largest absolute Gasteiger partial charge is 0.502 e. The molecule has 0 aromatic heterocycles. The number of benzene rings is 2. The molecule has 0 radical (unpaired) electrons. The normalized spacial score (nSPS) is 17.2. The number of rotatable bonds is 4. The average molecular weight is 282 g/mol. The van der Waals surface area contributed by atoms with Crippen LogP contribution in [0, 0.1) is 0 Å². The van der Waals surface area contributed by atoms with Gasteiger partial charge in [0.15, 0.2) is 0 Å². The molecule has 1 atom stereocenters. The predicted molar refractivity (Wildman–Crippen MR) is 76.8 cm³/mol. The minimum Gasteiger partial charge on any atom is -0.502 e. The van der Waals surface area contributed by atoms with E-state index in [0.717, 1.165) is 16.9 Å². The second-order valence-corrected chi connectivity index (χ2v) is 4.72. The Labute approximate surface area is 122 Å². The molecule has 0 saturated heterocycles. The number of cyclic esters (lactones) is 1. The van der Waals surface area contributed by atoms with Gasteiger partial charge in [-0.1, -0.05) is 42.5 Å². The Balaban J connectivity index is 1.63. The van der Waals surface area contributed by atoms with E-state index >= 15 is 0 Å². The minimum atomic E-state index is -0.690. The highest BCUT2D eigenvalue weighted by molar-refractivity contribution is 5.88. The first kappa shape index (κ1) is 13.2. The maximum atomic E-state index is 11.1. The van der Waals surface area contributed by atoms with E-state index < -0.39 is 12.1 Å². The quantitative estimate of drug-likeness (QED) is 0.874. The van der Waals surface area contributed by atoms with Gasteiger partial charge in [-0.25, -0.2) is 4.79 Å². The van der Waals surface area contributed by atoms with Crippen molar-refractivity contribution in [3.05, 3.63) is 77.6 Å². The van der Waals surface area contributed by atoms with Gasteiger partial charge in [0.1, 0.15) is 18.5 Å². The maximum absolute atomic E-state index is 11.1. The zero-order valence-electron chi connectivity index (χ0n) is 11.2. The molecule has 1 unspecified atom stereocenters. The van der Waals surface area contributed by atoms with Crippen molar-refractivity contribution in [2.24, 2.45) is 0 Å². The number of esters is 1. The Bertz CT molecular complexity index is 659. The number of carbonyl (C=O) groups excluding carboxylic acids is 1. The van der Waals surface area contributed by atoms with E-state index in [1.807, 2.05) is 54.6 Å². The van der Waals surface area contributed by atoms with Gasteiger partial charge in [-0.15, -0.1) is 0 Å². The molecule has 4 heteroatoms. The third kappa shape index (κ3) is 3.05. The van der Waals surface area contributed by atoms with E-state index in [0.29, 0.717) is 6.61 Å². The molecule has 1 N–H and O–H groups in total. The summed E-state index contributed by atoms with van der Waals surface area (Å²) >= 11 is 0. The Morgan fingerprint density at radius 2 is 1.76 bits per heavy atom. The molecular formula is C17H14O4. The lowest BCUT2D eigenvalue weighted by Crippen LogP contribution is -2.02. The van der Waals surface area contributed by atoms with Gasteiger partial charge in [-0.3, -0.25) is 0 Å². The van der Waals surface area contributed by atoms with Gasteiger partial charge in [0.05, 0.1) is 0 Å². The van der Waals surface area contributed by atoms with Gasteiger partial charge in [0.25, 0.3) is 0 Å². The zero-order valence-corrected chi connectivity index (χ0v) is 11.2. The molecule has 0 fully saturated rings. The molecule has 1 aliphatic rings. The fraction of sp³-hybridized carbons (Fsp3) is 0.118. The summed E-state index contributed by atoms with van der Waals surface area (Å²) in [4.78, 5) is 11.1. The van der Waals surface area contributed by atoms with Crippen molar-refractivity contribution >= 4 is 5.97 Å². The van der Waals surface area contributed by atoms with E-state index in [4.69, 9.17) is 9.47 Å². The molecule has 2 aromatic rings. The van der Waals surface area contributed by atoms with E-state index in [-0.39, 0.29) is 5.76 Å². The first-order chi connectivity index (χ1) is 10.2. The Morgan fingerprint density at radius 3 is 2.38 bits per heavy atom. The van der Waals surface area contributed by atoms with Crippen LogP contribution in [0.2, 0.25) is 0 Å². The van der Waals surface area contributed by atoms with Crippen LogP contribution in [0.4, 0.5) is 0 Å². The number of carbonyl (C=O) groups is 1. The van der Waals surface area contributed by atoms with Gasteiger partial charge in [0, 0.05) is 6.08 Å². The van der Waals surface area contributed by atoms with Crippen LogP contribution in [-0.2, 0) is 16.1 Å². The number of ether oxygens (including phenoxy) is 2. The number of aliphatic hydroxyl groups is 1. The number of aliphatic hydroxyl groups excluding tert-OH is 1. The van der Waals surface area contributed by atoms with E-state index in [1.165, 1.54) is 6.08 Å². The maximum Gasteiger partial charge on any atom is 0.374 e. The van der Waals surface area contributed by atoms with Crippen molar-refractivity contribution in [1.82, 2.24) is 0 Å². The van der Waals surface area contributed by atoms with Gasteiger partial charge >= 0.3 is 5.97 Å². The lowest BCUT2D eigenvalue weighted by Gasteiger charge is -2.10. The zero-order chi connectivity index (χ0) is 14.7. The molecule has 21 heavy (non-hydrogen) atoms. The lowest BCUT2D eigenvalue weighted by atomic mass is 10.1. The van der Waals surface area contributed by atoms with Crippen LogP contribution in [0.15, 0.2) is 66.4 Å². The standard InChI is InChI=1S/C17H14O4/c18-15-10-16(21-17(15)19)13-6-8-14(9-7-13)20-11-12-4-2-1-3-5-12/h1-10,16,18H,11H2. The van der Waals surface area contributed by atoms with Gasteiger partial charge < -0.3 is 14.6 Å². The topological polar surface area (TPSA) is 55.8 Å². The SMILES string of the molecule is O=C1OC(c2ccc(OCc3ccccc3)cc2)C=C1O.